The Morgan fingerprint density at radius 2 is 2.11 bits per heavy atom. The summed E-state index contributed by atoms with van der Waals surface area (Å²) >= 11 is 0. The third-order valence-electron chi connectivity index (χ3n) is 3.10. The molecule has 0 unspecified atom stereocenters. The van der Waals surface area contributed by atoms with Gasteiger partial charge in [0.15, 0.2) is 5.82 Å². The van der Waals surface area contributed by atoms with E-state index in [2.05, 4.69) is 49.7 Å². The highest BCUT2D eigenvalue weighted by Crippen LogP contribution is 2.21. The van der Waals surface area contributed by atoms with Crippen LogP contribution in [0.3, 0.4) is 0 Å². The van der Waals surface area contributed by atoms with E-state index in [1.165, 1.54) is 21.3 Å². The summed E-state index contributed by atoms with van der Waals surface area (Å²) < 4.78 is 2.17. The molecule has 3 rings (SSSR count). The zero-order valence-corrected chi connectivity index (χ0v) is 11.0. The second kappa shape index (κ2) is 4.81. The number of nitrogens with zero attached hydrogens (tertiary/aromatic N) is 5. The normalized spacial score (nSPS) is 11.3. The van der Waals surface area contributed by atoms with Crippen molar-refractivity contribution in [1.82, 2.24) is 30.1 Å². The van der Waals surface area contributed by atoms with E-state index in [1.54, 1.807) is 7.05 Å². The smallest absolute Gasteiger partial charge is 0.194 e. The van der Waals surface area contributed by atoms with Gasteiger partial charge in [0.1, 0.15) is 0 Å². The lowest BCUT2D eigenvalue weighted by molar-refractivity contribution is 0.625. The summed E-state index contributed by atoms with van der Waals surface area (Å²) in [5, 5.41) is 16.6. The van der Waals surface area contributed by atoms with E-state index >= 15 is 0 Å². The quantitative estimate of drug-likeness (QED) is 0.754. The topological polar surface area (TPSA) is 60.6 Å². The summed E-state index contributed by atoms with van der Waals surface area (Å²) in [7, 11) is 3.73. The van der Waals surface area contributed by atoms with Gasteiger partial charge in [-0.25, -0.2) is 0 Å². The van der Waals surface area contributed by atoms with Crippen LogP contribution in [0.5, 0.6) is 0 Å². The first-order chi connectivity index (χ1) is 9.28. The van der Waals surface area contributed by atoms with Gasteiger partial charge in [0.2, 0.25) is 0 Å². The van der Waals surface area contributed by atoms with Crippen molar-refractivity contribution in [1.29, 1.82) is 0 Å². The first-order valence-electron chi connectivity index (χ1n) is 6.22. The molecule has 1 N–H and O–H groups in total. The molecule has 0 radical (unpaired) electrons. The highest BCUT2D eigenvalue weighted by atomic mass is 15.6. The molecule has 0 aliphatic carbocycles. The van der Waals surface area contributed by atoms with Gasteiger partial charge in [0.05, 0.1) is 13.6 Å². The Hall–Kier alpha value is -2.21. The van der Waals surface area contributed by atoms with Crippen LogP contribution < -0.4 is 5.32 Å². The number of aromatic nitrogens is 5. The lowest BCUT2D eigenvalue weighted by Crippen LogP contribution is -2.04. The Morgan fingerprint density at radius 3 is 2.84 bits per heavy atom. The molecule has 3 aromatic rings. The first-order valence-corrected chi connectivity index (χ1v) is 6.22. The Labute approximate surface area is 111 Å². The van der Waals surface area contributed by atoms with E-state index in [-0.39, 0.29) is 0 Å². The number of nitrogens with one attached hydrogen (secondary N) is 1. The molecule has 0 amide bonds. The van der Waals surface area contributed by atoms with Crippen LogP contribution in [0, 0.1) is 0 Å². The van der Waals surface area contributed by atoms with Crippen LogP contribution in [-0.2, 0) is 20.1 Å². The van der Waals surface area contributed by atoms with Crippen molar-refractivity contribution in [3.8, 4) is 0 Å². The van der Waals surface area contributed by atoms with Crippen molar-refractivity contribution in [2.75, 3.05) is 7.05 Å². The fourth-order valence-electron chi connectivity index (χ4n) is 2.32. The van der Waals surface area contributed by atoms with E-state index < -0.39 is 0 Å². The molecule has 0 saturated carbocycles. The molecule has 98 valence electrons. The molecule has 6 heteroatoms. The second-order valence-electron chi connectivity index (χ2n) is 4.52. The second-order valence-corrected chi connectivity index (χ2v) is 4.52. The number of tetrazole rings is 1. The molecule has 0 aliphatic heterocycles. The molecule has 0 saturated heterocycles. The van der Waals surface area contributed by atoms with Crippen LogP contribution in [0.25, 0.3) is 10.9 Å². The lowest BCUT2D eigenvalue weighted by Gasteiger charge is -2.00. The molecule has 0 atom stereocenters. The van der Waals surface area contributed by atoms with Crippen molar-refractivity contribution in [3.05, 3.63) is 41.9 Å². The molecule has 2 heterocycles. The predicted molar refractivity (Wildman–Crippen MR) is 72.6 cm³/mol. The van der Waals surface area contributed by atoms with Crippen LogP contribution in [0.4, 0.5) is 0 Å². The zero-order chi connectivity index (χ0) is 13.2. The Morgan fingerprint density at radius 1 is 1.26 bits per heavy atom. The summed E-state index contributed by atoms with van der Waals surface area (Å²) in [6.07, 6.45) is 2.15. The molecule has 2 aromatic heterocycles. The van der Waals surface area contributed by atoms with Crippen LogP contribution in [0.15, 0.2) is 30.5 Å². The SMILES string of the molecule is CNCc1cn(Cc2nnn(C)n2)c2ccccc12. The minimum absolute atomic E-state index is 0.637. The van der Waals surface area contributed by atoms with Crippen molar-refractivity contribution in [3.63, 3.8) is 0 Å². The molecule has 0 bridgehead atoms. The van der Waals surface area contributed by atoms with Crippen molar-refractivity contribution in [2.45, 2.75) is 13.1 Å². The van der Waals surface area contributed by atoms with Gasteiger partial charge >= 0.3 is 0 Å². The summed E-state index contributed by atoms with van der Waals surface area (Å²) in [6.45, 7) is 1.49. The molecule has 0 aliphatic rings. The molecule has 6 nitrogen and oxygen atoms in total. The van der Waals surface area contributed by atoms with Crippen molar-refractivity contribution < 1.29 is 0 Å². The molecule has 19 heavy (non-hydrogen) atoms. The van der Waals surface area contributed by atoms with Gasteiger partial charge in [-0.1, -0.05) is 18.2 Å². The van der Waals surface area contributed by atoms with E-state index in [9.17, 15) is 0 Å². The lowest BCUT2D eigenvalue weighted by atomic mass is 10.2. The maximum absolute atomic E-state index is 4.23. The number of rotatable bonds is 4. The van der Waals surface area contributed by atoms with Gasteiger partial charge in [-0.05, 0) is 23.9 Å². The fourth-order valence-corrected chi connectivity index (χ4v) is 2.32. The zero-order valence-electron chi connectivity index (χ0n) is 11.0. The molecule has 0 spiro atoms. The number of benzene rings is 1. The molecular formula is C13H16N6. The maximum atomic E-state index is 4.23. The minimum Gasteiger partial charge on any atom is -0.339 e. The van der Waals surface area contributed by atoms with Gasteiger partial charge in [-0.3, -0.25) is 0 Å². The molecule has 0 fully saturated rings. The van der Waals surface area contributed by atoms with Gasteiger partial charge < -0.3 is 9.88 Å². The van der Waals surface area contributed by atoms with Gasteiger partial charge in [-0.15, -0.1) is 10.2 Å². The number of hydrogen-bond donors (Lipinski definition) is 1. The average molecular weight is 256 g/mol. The van der Waals surface area contributed by atoms with Gasteiger partial charge in [-0.2, -0.15) is 4.80 Å². The highest BCUT2D eigenvalue weighted by Gasteiger charge is 2.09. The average Bonchev–Trinajstić information content (AvgIpc) is 2.97. The van der Waals surface area contributed by atoms with Crippen molar-refractivity contribution in [2.24, 2.45) is 7.05 Å². The van der Waals surface area contributed by atoms with Gasteiger partial charge in [0, 0.05) is 23.6 Å². The Kier molecular flexibility index (Phi) is 3.00. The first kappa shape index (κ1) is 11.9. The van der Waals surface area contributed by atoms with Crippen LogP contribution >= 0.6 is 0 Å². The maximum Gasteiger partial charge on any atom is 0.194 e. The summed E-state index contributed by atoms with van der Waals surface area (Å²) in [5.41, 5.74) is 2.47. The van der Waals surface area contributed by atoms with Crippen LogP contribution in [-0.4, -0.2) is 31.8 Å². The number of fused-ring (bicyclic) bond motifs is 1. The van der Waals surface area contributed by atoms with Crippen LogP contribution in [0.1, 0.15) is 11.4 Å². The largest absolute Gasteiger partial charge is 0.339 e. The van der Waals surface area contributed by atoms with E-state index in [4.69, 9.17) is 0 Å². The fraction of sp³-hybridized carbons (Fsp3) is 0.308. The molecule has 1 aromatic carbocycles. The minimum atomic E-state index is 0.637. The number of para-hydroxylation sites is 1. The summed E-state index contributed by atoms with van der Waals surface area (Å²) in [4.78, 5) is 1.48. The van der Waals surface area contributed by atoms with E-state index in [0.29, 0.717) is 6.54 Å². The number of hydrogen-bond acceptors (Lipinski definition) is 4. The van der Waals surface area contributed by atoms with Crippen molar-refractivity contribution >= 4 is 10.9 Å². The highest BCUT2D eigenvalue weighted by molar-refractivity contribution is 5.84. The number of aryl methyl sites for hydroxylation is 1. The summed E-state index contributed by atoms with van der Waals surface area (Å²) in [5.74, 6) is 0.722. The summed E-state index contributed by atoms with van der Waals surface area (Å²) in [6, 6.07) is 8.37. The third kappa shape index (κ3) is 2.22. The Bertz CT molecular complexity index is 696. The third-order valence-corrected chi connectivity index (χ3v) is 3.10. The van der Waals surface area contributed by atoms with Gasteiger partial charge in [0.25, 0.3) is 0 Å². The standard InChI is InChI=1S/C13H16N6/c1-14-7-10-8-19(9-13-15-17-18(2)16-13)12-6-4-3-5-11(10)12/h3-6,8,14H,7,9H2,1-2H3. The van der Waals surface area contributed by atoms with E-state index in [1.807, 2.05) is 13.1 Å². The Balaban J connectivity index is 2.03. The molecular weight excluding hydrogens is 240 g/mol. The monoisotopic (exact) mass is 256 g/mol. The van der Waals surface area contributed by atoms with Crippen LogP contribution in [0.2, 0.25) is 0 Å². The van der Waals surface area contributed by atoms with E-state index in [0.717, 1.165) is 12.4 Å². The predicted octanol–water partition coefficient (Wildman–Crippen LogP) is 0.932.